The summed E-state index contributed by atoms with van der Waals surface area (Å²) in [5.41, 5.74) is 0.264. The zero-order chi connectivity index (χ0) is 14.3. The predicted molar refractivity (Wildman–Crippen MR) is 67.8 cm³/mol. The quantitative estimate of drug-likeness (QED) is 0.731. The highest BCUT2D eigenvalue weighted by Gasteiger charge is 2.20. The van der Waals surface area contributed by atoms with E-state index in [0.29, 0.717) is 24.7 Å². The van der Waals surface area contributed by atoms with Crippen molar-refractivity contribution >= 4 is 5.78 Å². The summed E-state index contributed by atoms with van der Waals surface area (Å²) in [5.74, 6) is -0.863. The molecule has 5 nitrogen and oxygen atoms in total. The summed E-state index contributed by atoms with van der Waals surface area (Å²) in [7, 11) is 0. The predicted octanol–water partition coefficient (Wildman–Crippen LogP) is 2.33. The van der Waals surface area contributed by atoms with Gasteiger partial charge in [-0.25, -0.2) is 0 Å². The van der Waals surface area contributed by atoms with Crippen LogP contribution in [-0.2, 0) is 0 Å². The first-order valence-electron chi connectivity index (χ1n) is 5.91. The molecule has 0 saturated heterocycles. The molecule has 19 heavy (non-hydrogen) atoms. The number of rotatable bonds is 6. The van der Waals surface area contributed by atoms with Crippen LogP contribution < -0.4 is 9.47 Å². The highest BCUT2D eigenvalue weighted by Crippen LogP contribution is 2.29. The van der Waals surface area contributed by atoms with Gasteiger partial charge in [0.25, 0.3) is 0 Å². The van der Waals surface area contributed by atoms with Gasteiger partial charge in [0.15, 0.2) is 23.2 Å². The van der Waals surface area contributed by atoms with Crippen molar-refractivity contribution in [1.29, 1.82) is 10.5 Å². The molecule has 0 atom stereocenters. The van der Waals surface area contributed by atoms with Gasteiger partial charge in [-0.3, -0.25) is 4.79 Å². The van der Waals surface area contributed by atoms with Crippen molar-refractivity contribution in [3.05, 3.63) is 23.8 Å². The lowest BCUT2D eigenvalue weighted by Crippen LogP contribution is -2.11. The SMILES string of the molecule is CCOc1ccc(C(=O)C(C#N)C#N)cc1OCC. The van der Waals surface area contributed by atoms with Crippen molar-refractivity contribution in [3.63, 3.8) is 0 Å². The van der Waals surface area contributed by atoms with Gasteiger partial charge in [0, 0.05) is 5.56 Å². The average molecular weight is 258 g/mol. The van der Waals surface area contributed by atoms with E-state index in [4.69, 9.17) is 20.0 Å². The van der Waals surface area contributed by atoms with Crippen LogP contribution in [0.3, 0.4) is 0 Å². The van der Waals surface area contributed by atoms with E-state index in [1.807, 2.05) is 13.8 Å². The minimum atomic E-state index is -1.30. The molecular weight excluding hydrogens is 244 g/mol. The maximum Gasteiger partial charge on any atom is 0.195 e. The molecule has 0 fully saturated rings. The number of carbonyl (C=O) groups is 1. The third-order valence-corrected chi connectivity index (χ3v) is 2.35. The van der Waals surface area contributed by atoms with Crippen molar-refractivity contribution in [1.82, 2.24) is 0 Å². The smallest absolute Gasteiger partial charge is 0.195 e. The largest absolute Gasteiger partial charge is 0.490 e. The van der Waals surface area contributed by atoms with Crippen LogP contribution in [0.5, 0.6) is 11.5 Å². The molecule has 0 aliphatic rings. The molecule has 1 aromatic rings. The van der Waals surface area contributed by atoms with Crippen LogP contribution in [-0.4, -0.2) is 19.0 Å². The van der Waals surface area contributed by atoms with E-state index < -0.39 is 11.7 Å². The Balaban J connectivity index is 3.11. The number of Topliss-reactive ketones (excluding diaryl/α,β-unsaturated/α-hetero) is 1. The fraction of sp³-hybridized carbons (Fsp3) is 0.357. The topological polar surface area (TPSA) is 83.1 Å². The highest BCUT2D eigenvalue weighted by atomic mass is 16.5. The molecule has 5 heteroatoms. The summed E-state index contributed by atoms with van der Waals surface area (Å²) < 4.78 is 10.8. The molecule has 0 aliphatic heterocycles. The molecule has 0 heterocycles. The second-order valence-electron chi connectivity index (χ2n) is 3.58. The first kappa shape index (κ1) is 14.5. The average Bonchev–Trinajstić information content (AvgIpc) is 2.42. The monoisotopic (exact) mass is 258 g/mol. The van der Waals surface area contributed by atoms with Crippen LogP contribution in [0.15, 0.2) is 18.2 Å². The number of hydrogen-bond acceptors (Lipinski definition) is 5. The Labute approximate surface area is 112 Å². The number of ketones is 1. The molecule has 0 aliphatic carbocycles. The summed E-state index contributed by atoms with van der Waals surface area (Å²) in [6.45, 7) is 4.57. The highest BCUT2D eigenvalue weighted by molar-refractivity contribution is 6.01. The van der Waals surface area contributed by atoms with Crippen LogP contribution >= 0.6 is 0 Å². The molecular formula is C14H14N2O3. The lowest BCUT2D eigenvalue weighted by atomic mass is 10.00. The fourth-order valence-corrected chi connectivity index (χ4v) is 1.52. The number of ether oxygens (including phenoxy) is 2. The van der Waals surface area contributed by atoms with Gasteiger partial charge < -0.3 is 9.47 Å². The minimum Gasteiger partial charge on any atom is -0.490 e. The number of nitriles is 2. The molecule has 0 N–H and O–H groups in total. The normalized spacial score (nSPS) is 9.53. The summed E-state index contributed by atoms with van der Waals surface area (Å²) in [4.78, 5) is 11.9. The number of hydrogen-bond donors (Lipinski definition) is 0. The number of benzene rings is 1. The molecule has 0 radical (unpaired) electrons. The van der Waals surface area contributed by atoms with Crippen molar-refractivity contribution in [3.8, 4) is 23.6 Å². The second kappa shape index (κ2) is 7.03. The zero-order valence-electron chi connectivity index (χ0n) is 10.8. The Kier molecular flexibility index (Phi) is 5.37. The van der Waals surface area contributed by atoms with E-state index in [-0.39, 0.29) is 5.56 Å². The van der Waals surface area contributed by atoms with Gasteiger partial charge in [0.1, 0.15) is 0 Å². The molecule has 0 saturated carbocycles. The third-order valence-electron chi connectivity index (χ3n) is 2.35. The zero-order valence-corrected chi connectivity index (χ0v) is 10.8. The van der Waals surface area contributed by atoms with Crippen molar-refractivity contribution in [2.75, 3.05) is 13.2 Å². The lowest BCUT2D eigenvalue weighted by molar-refractivity contribution is 0.0970. The molecule has 0 amide bonds. The van der Waals surface area contributed by atoms with Crippen molar-refractivity contribution in [2.45, 2.75) is 13.8 Å². The summed E-state index contributed by atoms with van der Waals surface area (Å²) in [6, 6.07) is 7.95. The molecule has 0 aromatic heterocycles. The van der Waals surface area contributed by atoms with E-state index >= 15 is 0 Å². The third kappa shape index (κ3) is 3.46. The van der Waals surface area contributed by atoms with E-state index in [1.165, 1.54) is 12.1 Å². The van der Waals surface area contributed by atoms with E-state index in [2.05, 4.69) is 0 Å². The molecule has 0 unspecified atom stereocenters. The van der Waals surface area contributed by atoms with Gasteiger partial charge >= 0.3 is 0 Å². The van der Waals surface area contributed by atoms with Crippen LogP contribution in [0.2, 0.25) is 0 Å². The van der Waals surface area contributed by atoms with Gasteiger partial charge in [0.2, 0.25) is 0 Å². The lowest BCUT2D eigenvalue weighted by Gasteiger charge is -2.12. The molecule has 1 rings (SSSR count). The van der Waals surface area contributed by atoms with Crippen molar-refractivity contribution < 1.29 is 14.3 Å². The van der Waals surface area contributed by atoms with Gasteiger partial charge in [-0.1, -0.05) is 0 Å². The maximum absolute atomic E-state index is 11.9. The Morgan fingerprint density at radius 1 is 1.16 bits per heavy atom. The van der Waals surface area contributed by atoms with Gasteiger partial charge in [0.05, 0.1) is 25.4 Å². The first-order chi connectivity index (χ1) is 9.17. The first-order valence-corrected chi connectivity index (χ1v) is 5.91. The van der Waals surface area contributed by atoms with Gasteiger partial charge in [-0.15, -0.1) is 0 Å². The van der Waals surface area contributed by atoms with E-state index in [1.54, 1.807) is 18.2 Å². The summed E-state index contributed by atoms with van der Waals surface area (Å²) >= 11 is 0. The van der Waals surface area contributed by atoms with Gasteiger partial charge in [-0.2, -0.15) is 10.5 Å². The molecule has 1 aromatic carbocycles. The summed E-state index contributed by atoms with van der Waals surface area (Å²) in [6.07, 6.45) is 0. The van der Waals surface area contributed by atoms with Crippen LogP contribution in [0.1, 0.15) is 24.2 Å². The Bertz CT molecular complexity index is 527. The van der Waals surface area contributed by atoms with Crippen molar-refractivity contribution in [2.24, 2.45) is 5.92 Å². The molecule has 0 bridgehead atoms. The van der Waals surface area contributed by atoms with E-state index in [9.17, 15) is 4.79 Å². The Morgan fingerprint density at radius 2 is 1.74 bits per heavy atom. The van der Waals surface area contributed by atoms with Gasteiger partial charge in [-0.05, 0) is 32.0 Å². The second-order valence-corrected chi connectivity index (χ2v) is 3.58. The van der Waals surface area contributed by atoms with E-state index in [0.717, 1.165) is 0 Å². The Morgan fingerprint density at radius 3 is 2.26 bits per heavy atom. The maximum atomic E-state index is 11.9. The molecule has 0 spiro atoms. The number of carbonyl (C=O) groups excluding carboxylic acids is 1. The van der Waals surface area contributed by atoms with Crippen LogP contribution in [0.25, 0.3) is 0 Å². The number of nitrogens with zero attached hydrogens (tertiary/aromatic N) is 2. The van der Waals surface area contributed by atoms with Crippen LogP contribution in [0.4, 0.5) is 0 Å². The fourth-order valence-electron chi connectivity index (χ4n) is 1.52. The summed E-state index contributed by atoms with van der Waals surface area (Å²) in [5, 5.41) is 17.4. The standard InChI is InChI=1S/C14H14N2O3/c1-3-18-12-6-5-10(7-13(12)19-4-2)14(17)11(8-15)9-16/h5-7,11H,3-4H2,1-2H3. The Hall–Kier alpha value is -2.53. The minimum absolute atomic E-state index is 0.264. The van der Waals surface area contributed by atoms with Crippen LogP contribution in [0, 0.1) is 28.6 Å². The molecule has 98 valence electrons.